The number of hydrogen-bond acceptors (Lipinski definition) is 3. The van der Waals surface area contributed by atoms with Crippen LogP contribution in [-0.4, -0.2) is 24.5 Å². The summed E-state index contributed by atoms with van der Waals surface area (Å²) in [5.41, 5.74) is 0.952. The maximum Gasteiger partial charge on any atom is 0.310 e. The number of esters is 1. The minimum absolute atomic E-state index is 0.187. The molecule has 0 amide bonds. The number of ether oxygens (including phenoxy) is 2. The van der Waals surface area contributed by atoms with E-state index >= 15 is 0 Å². The highest BCUT2D eigenvalue weighted by atomic mass is 79.9. The first-order valence-electron chi connectivity index (χ1n) is 7.19. The Hall–Kier alpha value is -1.03. The van der Waals surface area contributed by atoms with Gasteiger partial charge in [0, 0.05) is 5.33 Å². The van der Waals surface area contributed by atoms with Crippen LogP contribution in [0, 0.1) is 0 Å². The second-order valence-corrected chi connectivity index (χ2v) is 5.37. The highest BCUT2D eigenvalue weighted by molar-refractivity contribution is 9.09. The maximum absolute atomic E-state index is 11.3. The van der Waals surface area contributed by atoms with E-state index in [1.165, 1.54) is 19.3 Å². The van der Waals surface area contributed by atoms with Gasteiger partial charge in [-0.2, -0.15) is 0 Å². The first-order valence-corrected chi connectivity index (χ1v) is 8.31. The van der Waals surface area contributed by atoms with Crippen molar-refractivity contribution in [1.82, 2.24) is 0 Å². The van der Waals surface area contributed by atoms with Crippen LogP contribution in [0.4, 0.5) is 0 Å². The molecule has 4 heteroatoms. The van der Waals surface area contributed by atoms with Crippen molar-refractivity contribution < 1.29 is 14.3 Å². The molecular weight excluding hydrogens is 320 g/mol. The van der Waals surface area contributed by atoms with Crippen molar-refractivity contribution in [2.45, 2.75) is 39.0 Å². The highest BCUT2D eigenvalue weighted by Crippen LogP contribution is 2.14. The molecule has 0 aromatic heterocycles. The summed E-state index contributed by atoms with van der Waals surface area (Å²) in [7, 11) is 0. The van der Waals surface area contributed by atoms with Gasteiger partial charge in [-0.25, -0.2) is 0 Å². The van der Waals surface area contributed by atoms with Crippen LogP contribution < -0.4 is 4.74 Å². The average Bonchev–Trinajstić information content (AvgIpc) is 2.45. The number of rotatable bonds is 10. The van der Waals surface area contributed by atoms with Crippen molar-refractivity contribution >= 4 is 21.9 Å². The van der Waals surface area contributed by atoms with E-state index < -0.39 is 0 Å². The maximum atomic E-state index is 11.3. The smallest absolute Gasteiger partial charge is 0.310 e. The van der Waals surface area contributed by atoms with Gasteiger partial charge in [0.15, 0.2) is 0 Å². The third-order valence-electron chi connectivity index (χ3n) is 2.87. The first-order chi connectivity index (χ1) is 9.76. The van der Waals surface area contributed by atoms with Crippen molar-refractivity contribution in [1.29, 1.82) is 0 Å². The molecule has 0 N–H and O–H groups in total. The standard InChI is InChI=1S/C16H23BrO3/c1-2-19-16(18)13-14-7-9-15(10-8-14)20-12-6-4-3-5-11-17/h7-10H,2-6,11-13H2,1H3. The number of carbonyl (C=O) groups excluding carboxylic acids is 1. The van der Waals surface area contributed by atoms with Crippen molar-refractivity contribution in [3.63, 3.8) is 0 Å². The molecule has 0 saturated heterocycles. The molecule has 0 spiro atoms. The van der Waals surface area contributed by atoms with Crippen LogP contribution in [0.3, 0.4) is 0 Å². The van der Waals surface area contributed by atoms with Gasteiger partial charge in [-0.05, 0) is 37.5 Å². The third kappa shape index (κ3) is 7.53. The predicted octanol–water partition coefficient (Wildman–Crippen LogP) is 4.13. The Morgan fingerprint density at radius 1 is 1.10 bits per heavy atom. The van der Waals surface area contributed by atoms with Crippen molar-refractivity contribution in [3.05, 3.63) is 29.8 Å². The zero-order chi connectivity index (χ0) is 14.6. The summed E-state index contributed by atoms with van der Waals surface area (Å²) in [6, 6.07) is 7.65. The summed E-state index contributed by atoms with van der Waals surface area (Å²) in [5.74, 6) is 0.672. The van der Waals surface area contributed by atoms with Crippen LogP contribution in [0.15, 0.2) is 24.3 Å². The predicted molar refractivity (Wildman–Crippen MR) is 84.5 cm³/mol. The van der Waals surface area contributed by atoms with E-state index in [1.54, 1.807) is 0 Å². The lowest BCUT2D eigenvalue weighted by Crippen LogP contribution is -2.07. The zero-order valence-electron chi connectivity index (χ0n) is 12.1. The largest absolute Gasteiger partial charge is 0.494 e. The number of benzene rings is 1. The van der Waals surface area contributed by atoms with Gasteiger partial charge in [0.05, 0.1) is 19.6 Å². The Bertz CT molecular complexity index is 376. The van der Waals surface area contributed by atoms with Crippen LogP contribution in [0.25, 0.3) is 0 Å². The molecule has 0 aliphatic carbocycles. The number of alkyl halides is 1. The second-order valence-electron chi connectivity index (χ2n) is 4.58. The van der Waals surface area contributed by atoms with Gasteiger partial charge in [-0.15, -0.1) is 0 Å². The fraction of sp³-hybridized carbons (Fsp3) is 0.562. The van der Waals surface area contributed by atoms with Gasteiger partial charge < -0.3 is 9.47 Å². The van der Waals surface area contributed by atoms with E-state index in [1.807, 2.05) is 31.2 Å². The topological polar surface area (TPSA) is 35.5 Å². The summed E-state index contributed by atoms with van der Waals surface area (Å²) in [5, 5.41) is 1.08. The van der Waals surface area contributed by atoms with E-state index in [0.29, 0.717) is 13.0 Å². The Labute approximate surface area is 129 Å². The van der Waals surface area contributed by atoms with Gasteiger partial charge in [0.25, 0.3) is 0 Å². The zero-order valence-corrected chi connectivity index (χ0v) is 13.7. The van der Waals surface area contributed by atoms with E-state index in [4.69, 9.17) is 9.47 Å². The molecular formula is C16H23BrO3. The number of carbonyl (C=O) groups is 1. The molecule has 0 bridgehead atoms. The third-order valence-corrected chi connectivity index (χ3v) is 3.43. The molecule has 112 valence electrons. The molecule has 0 fully saturated rings. The van der Waals surface area contributed by atoms with Crippen LogP contribution >= 0.6 is 15.9 Å². The Morgan fingerprint density at radius 3 is 2.45 bits per heavy atom. The minimum Gasteiger partial charge on any atom is -0.494 e. The van der Waals surface area contributed by atoms with Crippen molar-refractivity contribution in [2.24, 2.45) is 0 Å². The number of unbranched alkanes of at least 4 members (excludes halogenated alkanes) is 3. The quantitative estimate of drug-likeness (QED) is 0.364. The summed E-state index contributed by atoms with van der Waals surface area (Å²) in [6.07, 6.45) is 5.07. The van der Waals surface area contributed by atoms with E-state index in [-0.39, 0.29) is 5.97 Å². The molecule has 0 atom stereocenters. The molecule has 20 heavy (non-hydrogen) atoms. The monoisotopic (exact) mass is 342 g/mol. The second kappa shape index (κ2) is 10.7. The lowest BCUT2D eigenvalue weighted by Gasteiger charge is -2.07. The van der Waals surface area contributed by atoms with Crippen LogP contribution in [-0.2, 0) is 16.0 Å². The van der Waals surface area contributed by atoms with Gasteiger partial charge in [0.2, 0.25) is 0 Å². The van der Waals surface area contributed by atoms with Crippen LogP contribution in [0.5, 0.6) is 5.75 Å². The minimum atomic E-state index is -0.187. The van der Waals surface area contributed by atoms with Gasteiger partial charge in [-0.1, -0.05) is 40.9 Å². The molecule has 0 unspecified atom stereocenters. The normalized spacial score (nSPS) is 10.3. The van der Waals surface area contributed by atoms with Crippen molar-refractivity contribution in [3.8, 4) is 5.75 Å². The summed E-state index contributed by atoms with van der Waals surface area (Å²) < 4.78 is 10.6. The van der Waals surface area contributed by atoms with Crippen molar-refractivity contribution in [2.75, 3.05) is 18.5 Å². The number of halogens is 1. The van der Waals surface area contributed by atoms with E-state index in [2.05, 4.69) is 15.9 Å². The molecule has 1 aromatic rings. The molecule has 0 radical (unpaired) electrons. The number of hydrogen-bond donors (Lipinski definition) is 0. The van der Waals surface area contributed by atoms with Gasteiger partial charge in [-0.3, -0.25) is 4.79 Å². The fourth-order valence-electron chi connectivity index (χ4n) is 1.82. The summed E-state index contributed by atoms with van der Waals surface area (Å²) >= 11 is 3.42. The SMILES string of the molecule is CCOC(=O)Cc1ccc(OCCCCCCBr)cc1. The molecule has 1 aromatic carbocycles. The fourth-order valence-corrected chi connectivity index (χ4v) is 2.22. The summed E-state index contributed by atoms with van der Waals surface area (Å²) in [6.45, 7) is 2.99. The Morgan fingerprint density at radius 2 is 1.80 bits per heavy atom. The molecule has 0 aliphatic heterocycles. The van der Waals surface area contributed by atoms with E-state index in [9.17, 15) is 4.79 Å². The van der Waals surface area contributed by atoms with E-state index in [0.717, 1.165) is 29.7 Å². The molecule has 1 rings (SSSR count). The molecule has 0 heterocycles. The first kappa shape index (κ1) is 17.0. The lowest BCUT2D eigenvalue weighted by molar-refractivity contribution is -0.142. The summed E-state index contributed by atoms with van der Waals surface area (Å²) in [4.78, 5) is 11.3. The van der Waals surface area contributed by atoms with Crippen LogP contribution in [0.2, 0.25) is 0 Å². The average molecular weight is 343 g/mol. The highest BCUT2D eigenvalue weighted by Gasteiger charge is 2.03. The van der Waals surface area contributed by atoms with Gasteiger partial charge in [0.1, 0.15) is 5.75 Å². The van der Waals surface area contributed by atoms with Gasteiger partial charge >= 0.3 is 5.97 Å². The molecule has 0 aliphatic rings. The molecule has 3 nitrogen and oxygen atoms in total. The van der Waals surface area contributed by atoms with Crippen LogP contribution in [0.1, 0.15) is 38.2 Å². The Balaban J connectivity index is 2.23. The lowest BCUT2D eigenvalue weighted by atomic mass is 10.1. The molecule has 0 saturated carbocycles. The Kier molecular flexibility index (Phi) is 9.13.